The molecule has 0 heterocycles. The van der Waals surface area contributed by atoms with E-state index in [-0.39, 0.29) is 10.8 Å². The molecule has 0 unspecified atom stereocenters. The third kappa shape index (κ3) is 4.46. The van der Waals surface area contributed by atoms with Crippen LogP contribution in [0.4, 0.5) is 5.69 Å². The molecule has 0 aliphatic carbocycles. The maximum Gasteiger partial charge on any atom is 0.264 e. The third-order valence-electron chi connectivity index (χ3n) is 4.84. The van der Waals surface area contributed by atoms with E-state index >= 15 is 0 Å². The molecule has 1 amide bonds. The SMILES string of the molecule is COc1ccccc1CNC(=O)c1ccc(C)c(N(C)S(=O)(=O)c2ccccc2)c1. The van der Waals surface area contributed by atoms with Crippen LogP contribution in [0.15, 0.2) is 77.7 Å². The minimum Gasteiger partial charge on any atom is -0.496 e. The largest absolute Gasteiger partial charge is 0.496 e. The predicted molar refractivity (Wildman–Crippen MR) is 117 cm³/mol. The fraction of sp³-hybridized carbons (Fsp3) is 0.174. The molecule has 0 saturated carbocycles. The molecule has 0 aliphatic heterocycles. The van der Waals surface area contributed by atoms with Crippen molar-refractivity contribution >= 4 is 21.6 Å². The molecule has 0 spiro atoms. The van der Waals surface area contributed by atoms with Gasteiger partial charge in [-0.2, -0.15) is 0 Å². The average Bonchev–Trinajstić information content (AvgIpc) is 2.78. The molecule has 0 bridgehead atoms. The molecule has 0 atom stereocenters. The highest BCUT2D eigenvalue weighted by Gasteiger charge is 2.23. The summed E-state index contributed by atoms with van der Waals surface area (Å²) in [6, 6.07) is 20.7. The predicted octanol–water partition coefficient (Wildman–Crippen LogP) is 3.76. The van der Waals surface area contributed by atoms with Crippen LogP contribution < -0.4 is 14.4 Å². The first-order valence-corrected chi connectivity index (χ1v) is 10.8. The van der Waals surface area contributed by atoms with Crippen molar-refractivity contribution in [2.45, 2.75) is 18.4 Å². The number of hydrogen-bond donors (Lipinski definition) is 1. The van der Waals surface area contributed by atoms with E-state index in [1.807, 2.05) is 31.2 Å². The number of aryl methyl sites for hydroxylation is 1. The van der Waals surface area contributed by atoms with Crippen LogP contribution in [-0.2, 0) is 16.6 Å². The van der Waals surface area contributed by atoms with Crippen LogP contribution in [0.3, 0.4) is 0 Å². The zero-order valence-electron chi connectivity index (χ0n) is 17.1. The molecule has 0 aromatic heterocycles. The summed E-state index contributed by atoms with van der Waals surface area (Å²) in [6.07, 6.45) is 0. The maximum atomic E-state index is 13.0. The van der Waals surface area contributed by atoms with Gasteiger partial charge in [0.05, 0.1) is 17.7 Å². The van der Waals surface area contributed by atoms with Crippen LogP contribution in [-0.4, -0.2) is 28.5 Å². The monoisotopic (exact) mass is 424 g/mol. The number of methoxy groups -OCH3 is 1. The van der Waals surface area contributed by atoms with Gasteiger partial charge in [0.15, 0.2) is 0 Å². The molecule has 0 aliphatic rings. The Morgan fingerprint density at radius 2 is 1.67 bits per heavy atom. The zero-order chi connectivity index (χ0) is 21.7. The molecule has 0 radical (unpaired) electrons. The second kappa shape index (κ2) is 9.00. The summed E-state index contributed by atoms with van der Waals surface area (Å²) in [6.45, 7) is 2.10. The van der Waals surface area contributed by atoms with Gasteiger partial charge in [-0.3, -0.25) is 9.10 Å². The number of carbonyl (C=O) groups excluding carboxylic acids is 1. The number of ether oxygens (including phenoxy) is 1. The summed E-state index contributed by atoms with van der Waals surface area (Å²) < 4.78 is 32.4. The number of benzene rings is 3. The molecular formula is C23H24N2O4S. The van der Waals surface area contributed by atoms with Gasteiger partial charge in [-0.15, -0.1) is 0 Å². The number of sulfonamides is 1. The van der Waals surface area contributed by atoms with Crippen molar-refractivity contribution in [3.8, 4) is 5.75 Å². The first-order chi connectivity index (χ1) is 14.3. The smallest absolute Gasteiger partial charge is 0.264 e. The van der Waals surface area contributed by atoms with Gasteiger partial charge in [-0.05, 0) is 42.8 Å². The van der Waals surface area contributed by atoms with Gasteiger partial charge in [-0.25, -0.2) is 8.42 Å². The van der Waals surface area contributed by atoms with Crippen LogP contribution in [0, 0.1) is 6.92 Å². The number of amides is 1. The lowest BCUT2D eigenvalue weighted by Crippen LogP contribution is -2.28. The average molecular weight is 425 g/mol. The molecule has 6 nitrogen and oxygen atoms in total. The Bertz CT molecular complexity index is 1140. The lowest BCUT2D eigenvalue weighted by atomic mass is 10.1. The highest BCUT2D eigenvalue weighted by atomic mass is 32.2. The molecule has 0 saturated heterocycles. The Labute approximate surface area is 177 Å². The summed E-state index contributed by atoms with van der Waals surface area (Å²) in [5.74, 6) is 0.392. The normalized spacial score (nSPS) is 11.0. The number of rotatable bonds is 7. The molecule has 1 N–H and O–H groups in total. The molecular weight excluding hydrogens is 400 g/mol. The van der Waals surface area contributed by atoms with E-state index in [1.54, 1.807) is 55.6 Å². The Morgan fingerprint density at radius 3 is 2.37 bits per heavy atom. The van der Waals surface area contributed by atoms with Gasteiger partial charge in [-0.1, -0.05) is 42.5 Å². The molecule has 3 aromatic carbocycles. The standard InChI is InChI=1S/C23H24N2O4S/c1-17-13-14-18(23(26)24-16-19-9-7-8-12-22(19)29-3)15-21(17)25(2)30(27,28)20-10-5-4-6-11-20/h4-15H,16H2,1-3H3,(H,24,26). The summed E-state index contributed by atoms with van der Waals surface area (Å²) in [4.78, 5) is 12.9. The van der Waals surface area contributed by atoms with E-state index in [0.29, 0.717) is 23.5 Å². The lowest BCUT2D eigenvalue weighted by Gasteiger charge is -2.22. The number of nitrogens with one attached hydrogen (secondary N) is 1. The van der Waals surface area contributed by atoms with Crippen molar-refractivity contribution in [1.29, 1.82) is 0 Å². The van der Waals surface area contributed by atoms with Gasteiger partial charge >= 0.3 is 0 Å². The van der Waals surface area contributed by atoms with Crippen molar-refractivity contribution < 1.29 is 17.9 Å². The summed E-state index contributed by atoms with van der Waals surface area (Å²) in [7, 11) is -0.670. The van der Waals surface area contributed by atoms with Crippen LogP contribution in [0.1, 0.15) is 21.5 Å². The number of anilines is 1. The van der Waals surface area contributed by atoms with Gasteiger partial charge in [0.2, 0.25) is 0 Å². The quantitative estimate of drug-likeness (QED) is 0.627. The van der Waals surface area contributed by atoms with E-state index in [9.17, 15) is 13.2 Å². The van der Waals surface area contributed by atoms with Crippen molar-refractivity contribution in [1.82, 2.24) is 5.32 Å². The highest BCUT2D eigenvalue weighted by molar-refractivity contribution is 7.92. The van der Waals surface area contributed by atoms with Crippen LogP contribution in [0.2, 0.25) is 0 Å². The van der Waals surface area contributed by atoms with Crippen LogP contribution in [0.25, 0.3) is 0 Å². The van der Waals surface area contributed by atoms with Gasteiger partial charge in [0, 0.05) is 24.7 Å². The fourth-order valence-electron chi connectivity index (χ4n) is 3.10. The van der Waals surface area contributed by atoms with E-state index < -0.39 is 10.0 Å². The van der Waals surface area contributed by atoms with E-state index in [4.69, 9.17) is 4.74 Å². The zero-order valence-corrected chi connectivity index (χ0v) is 17.9. The second-order valence-corrected chi connectivity index (χ2v) is 8.75. The third-order valence-corrected chi connectivity index (χ3v) is 6.63. The second-order valence-electron chi connectivity index (χ2n) is 6.78. The van der Waals surface area contributed by atoms with Gasteiger partial charge < -0.3 is 10.1 Å². The molecule has 30 heavy (non-hydrogen) atoms. The van der Waals surface area contributed by atoms with E-state index in [0.717, 1.165) is 11.1 Å². The van der Waals surface area contributed by atoms with Crippen LogP contribution >= 0.6 is 0 Å². The molecule has 3 aromatic rings. The topological polar surface area (TPSA) is 75.7 Å². The van der Waals surface area contributed by atoms with Gasteiger partial charge in [0.25, 0.3) is 15.9 Å². The van der Waals surface area contributed by atoms with Crippen LogP contribution in [0.5, 0.6) is 5.75 Å². The van der Waals surface area contributed by atoms with Crippen molar-refractivity contribution in [2.24, 2.45) is 0 Å². The summed E-state index contributed by atoms with van der Waals surface area (Å²) in [5, 5.41) is 2.86. The number of para-hydroxylation sites is 1. The summed E-state index contributed by atoms with van der Waals surface area (Å²) >= 11 is 0. The molecule has 7 heteroatoms. The lowest BCUT2D eigenvalue weighted by molar-refractivity contribution is 0.0950. The fourth-order valence-corrected chi connectivity index (χ4v) is 4.37. The minimum atomic E-state index is -3.74. The molecule has 156 valence electrons. The van der Waals surface area contributed by atoms with Crippen molar-refractivity contribution in [2.75, 3.05) is 18.5 Å². The summed E-state index contributed by atoms with van der Waals surface area (Å²) in [5.41, 5.74) is 2.42. The number of hydrogen-bond acceptors (Lipinski definition) is 4. The van der Waals surface area contributed by atoms with E-state index in [2.05, 4.69) is 5.32 Å². The Kier molecular flexibility index (Phi) is 6.42. The first-order valence-electron chi connectivity index (χ1n) is 9.39. The Balaban J connectivity index is 1.83. The first kappa shape index (κ1) is 21.4. The Morgan fingerprint density at radius 1 is 1.00 bits per heavy atom. The van der Waals surface area contributed by atoms with E-state index in [1.165, 1.54) is 11.4 Å². The maximum absolute atomic E-state index is 13.0. The molecule has 0 fully saturated rings. The Hall–Kier alpha value is -3.32. The van der Waals surface area contributed by atoms with Crippen molar-refractivity contribution in [3.63, 3.8) is 0 Å². The van der Waals surface area contributed by atoms with Gasteiger partial charge in [0.1, 0.15) is 5.75 Å². The molecule has 3 rings (SSSR count). The van der Waals surface area contributed by atoms with Crippen molar-refractivity contribution in [3.05, 3.63) is 89.5 Å². The minimum absolute atomic E-state index is 0.193. The highest BCUT2D eigenvalue weighted by Crippen LogP contribution is 2.26. The number of carbonyl (C=O) groups is 1. The number of nitrogens with zero attached hydrogens (tertiary/aromatic N) is 1.